The third-order valence-corrected chi connectivity index (χ3v) is 1.23. The van der Waals surface area contributed by atoms with E-state index in [4.69, 9.17) is 4.74 Å². The molecule has 0 N–H and O–H groups in total. The Morgan fingerprint density at radius 2 is 2.42 bits per heavy atom. The second-order valence-electron chi connectivity index (χ2n) is 2.92. The minimum absolute atomic E-state index is 0.351. The molecule has 0 unspecified atom stereocenters. The summed E-state index contributed by atoms with van der Waals surface area (Å²) in [7, 11) is 0. The monoisotopic (exact) mass is 168 g/mol. The fourth-order valence-electron chi connectivity index (χ4n) is 0.681. The topological polar surface area (TPSA) is 44.1 Å². The van der Waals surface area contributed by atoms with Crippen LogP contribution < -0.4 is 0 Å². The Morgan fingerprint density at radius 3 is 2.92 bits per heavy atom. The molecule has 0 bridgehead atoms. The lowest BCUT2D eigenvalue weighted by molar-refractivity contribution is 0.131. The van der Waals surface area contributed by atoms with Crippen LogP contribution in [0.3, 0.4) is 0 Å². The molecule has 0 saturated carbocycles. The van der Waals surface area contributed by atoms with Crippen molar-refractivity contribution >= 4 is 6.09 Å². The van der Waals surface area contributed by atoms with Crippen LogP contribution in [0.2, 0.25) is 0 Å². The molecular formula is C8H12N2O2. The summed E-state index contributed by atoms with van der Waals surface area (Å²) in [6, 6.07) is 1.68. The quantitative estimate of drug-likeness (QED) is 0.672. The molecule has 0 fully saturated rings. The number of ether oxygens (including phenoxy) is 1. The Bertz CT molecular complexity index is 242. The van der Waals surface area contributed by atoms with Crippen molar-refractivity contribution in [3.8, 4) is 0 Å². The van der Waals surface area contributed by atoms with E-state index in [0.29, 0.717) is 12.5 Å². The second-order valence-corrected chi connectivity index (χ2v) is 2.92. The van der Waals surface area contributed by atoms with Crippen LogP contribution in [-0.2, 0) is 4.74 Å². The van der Waals surface area contributed by atoms with E-state index in [1.165, 1.54) is 10.9 Å². The van der Waals surface area contributed by atoms with E-state index in [1.807, 2.05) is 13.8 Å². The average Bonchev–Trinajstić information content (AvgIpc) is 2.51. The molecule has 0 saturated heterocycles. The van der Waals surface area contributed by atoms with Gasteiger partial charge >= 0.3 is 6.09 Å². The lowest BCUT2D eigenvalue weighted by atomic mass is 10.2. The number of aromatic nitrogens is 2. The number of hydrogen-bond acceptors (Lipinski definition) is 3. The number of carbonyl (C=O) groups excluding carboxylic acids is 1. The summed E-state index contributed by atoms with van der Waals surface area (Å²) in [5.74, 6) is 0.351. The third-order valence-electron chi connectivity index (χ3n) is 1.23. The summed E-state index contributed by atoms with van der Waals surface area (Å²) < 4.78 is 6.08. The van der Waals surface area contributed by atoms with Crippen molar-refractivity contribution in [1.82, 2.24) is 9.78 Å². The molecule has 0 aliphatic rings. The summed E-state index contributed by atoms with van der Waals surface area (Å²) >= 11 is 0. The van der Waals surface area contributed by atoms with Gasteiger partial charge < -0.3 is 4.74 Å². The molecular weight excluding hydrogens is 156 g/mol. The van der Waals surface area contributed by atoms with Gasteiger partial charge in [0.25, 0.3) is 0 Å². The van der Waals surface area contributed by atoms with Crippen molar-refractivity contribution in [3.05, 3.63) is 18.5 Å². The predicted molar refractivity (Wildman–Crippen MR) is 43.8 cm³/mol. The number of rotatable bonds is 2. The van der Waals surface area contributed by atoms with Gasteiger partial charge in [0.2, 0.25) is 0 Å². The highest BCUT2D eigenvalue weighted by atomic mass is 16.6. The summed E-state index contributed by atoms with van der Waals surface area (Å²) in [5.41, 5.74) is 0. The van der Waals surface area contributed by atoms with Gasteiger partial charge in [0.15, 0.2) is 0 Å². The molecule has 1 aromatic heterocycles. The maximum absolute atomic E-state index is 11.1. The van der Waals surface area contributed by atoms with Crippen LogP contribution in [0.15, 0.2) is 18.5 Å². The van der Waals surface area contributed by atoms with Gasteiger partial charge in [-0.05, 0) is 12.0 Å². The predicted octanol–water partition coefficient (Wildman–Crippen LogP) is 1.52. The van der Waals surface area contributed by atoms with Gasteiger partial charge in [0.1, 0.15) is 0 Å². The van der Waals surface area contributed by atoms with Crippen molar-refractivity contribution < 1.29 is 9.53 Å². The zero-order valence-corrected chi connectivity index (χ0v) is 7.23. The zero-order valence-electron chi connectivity index (χ0n) is 7.23. The van der Waals surface area contributed by atoms with Crippen LogP contribution in [0.1, 0.15) is 13.8 Å². The zero-order chi connectivity index (χ0) is 8.97. The van der Waals surface area contributed by atoms with Gasteiger partial charge in [-0.2, -0.15) is 9.78 Å². The largest absolute Gasteiger partial charge is 0.448 e. The van der Waals surface area contributed by atoms with Gasteiger partial charge in [0.05, 0.1) is 6.61 Å². The van der Waals surface area contributed by atoms with E-state index in [9.17, 15) is 4.79 Å². The van der Waals surface area contributed by atoms with Crippen LogP contribution in [0.25, 0.3) is 0 Å². The number of carbonyl (C=O) groups is 1. The average molecular weight is 168 g/mol. The molecule has 0 aromatic carbocycles. The Hall–Kier alpha value is -1.32. The molecule has 0 radical (unpaired) electrons. The molecule has 4 heteroatoms. The van der Waals surface area contributed by atoms with Crippen LogP contribution in [0, 0.1) is 5.92 Å². The molecule has 0 amide bonds. The van der Waals surface area contributed by atoms with Crippen molar-refractivity contribution in [1.29, 1.82) is 0 Å². The van der Waals surface area contributed by atoms with Crippen LogP contribution in [-0.4, -0.2) is 22.5 Å². The molecule has 0 atom stereocenters. The van der Waals surface area contributed by atoms with E-state index in [-0.39, 0.29) is 0 Å². The highest BCUT2D eigenvalue weighted by Gasteiger charge is 2.05. The van der Waals surface area contributed by atoms with Gasteiger partial charge in [0, 0.05) is 12.4 Å². The molecule has 66 valence electrons. The molecule has 12 heavy (non-hydrogen) atoms. The lowest BCUT2D eigenvalue weighted by Gasteiger charge is -2.05. The summed E-state index contributed by atoms with van der Waals surface area (Å²) in [6.07, 6.45) is 2.67. The number of hydrogen-bond donors (Lipinski definition) is 0. The van der Waals surface area contributed by atoms with E-state index < -0.39 is 6.09 Å². The fourth-order valence-corrected chi connectivity index (χ4v) is 0.681. The Kier molecular flexibility index (Phi) is 2.85. The minimum atomic E-state index is -0.422. The van der Waals surface area contributed by atoms with E-state index >= 15 is 0 Å². The molecule has 1 aromatic rings. The van der Waals surface area contributed by atoms with E-state index in [1.54, 1.807) is 12.3 Å². The van der Waals surface area contributed by atoms with Crippen LogP contribution >= 0.6 is 0 Å². The standard InChI is InChI=1S/C8H12N2O2/c1-7(2)6-12-8(11)10-5-3-4-9-10/h3-5,7H,6H2,1-2H3. The van der Waals surface area contributed by atoms with Gasteiger partial charge in [-0.15, -0.1) is 0 Å². The van der Waals surface area contributed by atoms with Gasteiger partial charge in [-0.25, -0.2) is 4.79 Å². The first-order chi connectivity index (χ1) is 5.70. The number of nitrogens with zero attached hydrogens (tertiary/aromatic N) is 2. The second kappa shape index (κ2) is 3.90. The SMILES string of the molecule is CC(C)COC(=O)n1cccn1. The normalized spacial score (nSPS) is 10.2. The minimum Gasteiger partial charge on any atom is -0.448 e. The lowest BCUT2D eigenvalue weighted by Crippen LogP contribution is -2.16. The Labute approximate surface area is 71.1 Å². The van der Waals surface area contributed by atoms with Gasteiger partial charge in [-0.1, -0.05) is 13.8 Å². The summed E-state index contributed by atoms with van der Waals surface area (Å²) in [5, 5.41) is 3.74. The maximum Gasteiger partial charge on any atom is 0.434 e. The molecule has 0 spiro atoms. The fraction of sp³-hybridized carbons (Fsp3) is 0.500. The first-order valence-corrected chi connectivity index (χ1v) is 3.87. The van der Waals surface area contributed by atoms with E-state index in [2.05, 4.69) is 5.10 Å². The first-order valence-electron chi connectivity index (χ1n) is 3.87. The third kappa shape index (κ3) is 2.38. The van der Waals surface area contributed by atoms with E-state index in [0.717, 1.165) is 0 Å². The Morgan fingerprint density at radius 1 is 1.67 bits per heavy atom. The highest BCUT2D eigenvalue weighted by Crippen LogP contribution is 1.95. The molecule has 1 heterocycles. The van der Waals surface area contributed by atoms with Crippen molar-refractivity contribution in [2.24, 2.45) is 5.92 Å². The van der Waals surface area contributed by atoms with Crippen LogP contribution in [0.5, 0.6) is 0 Å². The maximum atomic E-state index is 11.1. The van der Waals surface area contributed by atoms with Crippen molar-refractivity contribution in [2.75, 3.05) is 6.61 Å². The van der Waals surface area contributed by atoms with Gasteiger partial charge in [-0.3, -0.25) is 0 Å². The molecule has 1 rings (SSSR count). The highest BCUT2D eigenvalue weighted by molar-refractivity contribution is 5.68. The Balaban J connectivity index is 2.40. The molecule has 4 nitrogen and oxygen atoms in total. The summed E-state index contributed by atoms with van der Waals surface area (Å²) in [4.78, 5) is 11.1. The summed E-state index contributed by atoms with van der Waals surface area (Å²) in [6.45, 7) is 4.39. The van der Waals surface area contributed by atoms with Crippen molar-refractivity contribution in [3.63, 3.8) is 0 Å². The smallest absolute Gasteiger partial charge is 0.434 e. The molecule has 0 aliphatic carbocycles. The van der Waals surface area contributed by atoms with Crippen LogP contribution in [0.4, 0.5) is 4.79 Å². The first kappa shape index (κ1) is 8.77. The van der Waals surface area contributed by atoms with Crippen molar-refractivity contribution in [2.45, 2.75) is 13.8 Å². The molecule has 0 aliphatic heterocycles.